The van der Waals surface area contributed by atoms with Gasteiger partial charge in [0.05, 0.1) is 6.54 Å². The van der Waals surface area contributed by atoms with Crippen molar-refractivity contribution >= 4 is 23.0 Å². The number of amides is 1. The molecule has 9 heteroatoms. The van der Waals surface area contributed by atoms with E-state index in [0.717, 1.165) is 5.56 Å². The van der Waals surface area contributed by atoms with Crippen molar-refractivity contribution in [2.45, 2.75) is 19.0 Å². The molecule has 3 rings (SSSR count). The van der Waals surface area contributed by atoms with Crippen molar-refractivity contribution in [3.8, 4) is 0 Å². The lowest BCUT2D eigenvalue weighted by atomic mass is 9.91. The number of carbonyl (C=O) groups is 2. The normalized spacial score (nSPS) is 16.6. The number of carbonyl (C=O) groups excluding carboxylic acids is 2. The van der Waals surface area contributed by atoms with E-state index in [2.05, 4.69) is 4.98 Å². The van der Waals surface area contributed by atoms with Crippen molar-refractivity contribution in [1.82, 2.24) is 14.8 Å². The van der Waals surface area contributed by atoms with Crippen LogP contribution in [0.2, 0.25) is 0 Å². The van der Waals surface area contributed by atoms with E-state index in [1.54, 1.807) is 16.5 Å². The number of thiazole rings is 1. The Morgan fingerprint density at radius 1 is 1.10 bits per heavy atom. The van der Waals surface area contributed by atoms with Crippen LogP contribution >= 0.6 is 11.3 Å². The average Bonchev–Trinajstić information content (AvgIpc) is 3.22. The zero-order valence-electron chi connectivity index (χ0n) is 15.8. The first-order valence-electron chi connectivity index (χ1n) is 9.36. The minimum absolute atomic E-state index is 0.0204. The largest absolute Gasteiger partial charge is 0.401 e. The molecule has 2 aromatic rings. The van der Waals surface area contributed by atoms with Gasteiger partial charge in [-0.25, -0.2) is 4.98 Å². The van der Waals surface area contributed by atoms with Crippen LogP contribution in [-0.2, 0) is 11.2 Å². The Morgan fingerprint density at radius 2 is 1.79 bits per heavy atom. The van der Waals surface area contributed by atoms with E-state index in [1.165, 1.54) is 16.2 Å². The zero-order valence-corrected chi connectivity index (χ0v) is 16.6. The number of rotatable bonds is 7. The summed E-state index contributed by atoms with van der Waals surface area (Å²) in [5.41, 5.74) is 0.949. The van der Waals surface area contributed by atoms with Gasteiger partial charge in [-0.3, -0.25) is 14.5 Å². The molecule has 1 aromatic heterocycles. The first-order valence-corrected chi connectivity index (χ1v) is 10.2. The molecule has 1 aliphatic heterocycles. The second-order valence-corrected chi connectivity index (χ2v) is 7.96. The quantitative estimate of drug-likeness (QED) is 0.639. The Labute approximate surface area is 171 Å². The van der Waals surface area contributed by atoms with E-state index in [9.17, 15) is 22.8 Å². The lowest BCUT2D eigenvalue weighted by Crippen LogP contribution is -2.51. The van der Waals surface area contributed by atoms with Crippen LogP contribution in [0, 0.1) is 5.92 Å². The molecular formula is C20H22F3N3O2S. The van der Waals surface area contributed by atoms with Crippen LogP contribution in [0.15, 0.2) is 41.9 Å². The van der Waals surface area contributed by atoms with Crippen LogP contribution in [0.25, 0.3) is 0 Å². The molecule has 2 heterocycles. The maximum absolute atomic E-state index is 12.9. The van der Waals surface area contributed by atoms with Crippen LogP contribution in [-0.4, -0.2) is 65.4 Å². The van der Waals surface area contributed by atoms with Crippen molar-refractivity contribution in [2.75, 3.05) is 32.7 Å². The van der Waals surface area contributed by atoms with Gasteiger partial charge in [-0.2, -0.15) is 13.2 Å². The van der Waals surface area contributed by atoms with Crippen molar-refractivity contribution in [1.29, 1.82) is 0 Å². The van der Waals surface area contributed by atoms with Crippen LogP contribution in [0.5, 0.6) is 0 Å². The predicted octanol–water partition coefficient (Wildman–Crippen LogP) is 3.28. The fourth-order valence-corrected chi connectivity index (χ4v) is 4.08. The molecule has 1 saturated heterocycles. The molecular weight excluding hydrogens is 403 g/mol. The van der Waals surface area contributed by atoms with Gasteiger partial charge in [0.1, 0.15) is 0 Å². The summed E-state index contributed by atoms with van der Waals surface area (Å²) in [6, 6.07) is 9.45. The molecule has 0 N–H and O–H groups in total. The van der Waals surface area contributed by atoms with Crippen molar-refractivity contribution < 1.29 is 22.8 Å². The van der Waals surface area contributed by atoms with Gasteiger partial charge >= 0.3 is 6.18 Å². The minimum Gasteiger partial charge on any atom is -0.340 e. The fraction of sp³-hybridized carbons (Fsp3) is 0.450. The zero-order chi connectivity index (χ0) is 20.9. The molecule has 5 nitrogen and oxygen atoms in total. The van der Waals surface area contributed by atoms with E-state index in [4.69, 9.17) is 0 Å². The van der Waals surface area contributed by atoms with Gasteiger partial charge in [0.25, 0.3) is 0 Å². The molecule has 1 atom stereocenters. The molecule has 0 aliphatic carbocycles. The third-order valence-corrected chi connectivity index (χ3v) is 5.68. The SMILES string of the molecule is O=C(c1nccs1)[C@@H](CC(=O)N1CCN(CC(F)(F)F)CC1)Cc1ccccc1. The number of Topliss-reactive ketones (excluding diaryl/α,β-unsaturated/α-hetero) is 1. The number of hydrogen-bond acceptors (Lipinski definition) is 5. The first-order chi connectivity index (χ1) is 13.8. The molecule has 29 heavy (non-hydrogen) atoms. The van der Waals surface area contributed by atoms with Crippen molar-refractivity contribution in [2.24, 2.45) is 5.92 Å². The van der Waals surface area contributed by atoms with Gasteiger partial charge in [0.15, 0.2) is 10.8 Å². The highest BCUT2D eigenvalue weighted by atomic mass is 32.1. The van der Waals surface area contributed by atoms with Crippen molar-refractivity contribution in [3.63, 3.8) is 0 Å². The molecule has 0 spiro atoms. The molecule has 1 fully saturated rings. The molecule has 156 valence electrons. The third kappa shape index (κ3) is 6.37. The summed E-state index contributed by atoms with van der Waals surface area (Å²) in [6.07, 6.45) is -2.25. The lowest BCUT2D eigenvalue weighted by Gasteiger charge is -2.35. The number of nitrogens with zero attached hydrogens (tertiary/aromatic N) is 3. The number of halogens is 3. The summed E-state index contributed by atoms with van der Waals surface area (Å²) < 4.78 is 37.6. The Balaban J connectivity index is 1.63. The number of benzene rings is 1. The van der Waals surface area contributed by atoms with E-state index in [-0.39, 0.29) is 44.3 Å². The van der Waals surface area contributed by atoms with E-state index in [0.29, 0.717) is 11.4 Å². The molecule has 1 amide bonds. The summed E-state index contributed by atoms with van der Waals surface area (Å²) >= 11 is 1.24. The van der Waals surface area contributed by atoms with Crippen LogP contribution in [0.4, 0.5) is 13.2 Å². The summed E-state index contributed by atoms with van der Waals surface area (Å²) in [4.78, 5) is 32.6. The fourth-order valence-electron chi connectivity index (χ4n) is 3.42. The van der Waals surface area contributed by atoms with Crippen LogP contribution in [0.1, 0.15) is 21.8 Å². The lowest BCUT2D eigenvalue weighted by molar-refractivity contribution is -0.151. The van der Waals surface area contributed by atoms with E-state index < -0.39 is 18.6 Å². The second-order valence-electron chi connectivity index (χ2n) is 7.06. The summed E-state index contributed by atoms with van der Waals surface area (Å²) in [5, 5.41) is 2.09. The predicted molar refractivity (Wildman–Crippen MR) is 104 cm³/mol. The third-order valence-electron chi connectivity index (χ3n) is 4.89. The van der Waals surface area contributed by atoms with Gasteiger partial charge in [-0.05, 0) is 12.0 Å². The Kier molecular flexibility index (Phi) is 7.02. The number of aromatic nitrogens is 1. The number of hydrogen-bond donors (Lipinski definition) is 0. The van der Waals surface area contributed by atoms with E-state index in [1.807, 2.05) is 30.3 Å². The topological polar surface area (TPSA) is 53.5 Å². The number of alkyl halides is 3. The van der Waals surface area contributed by atoms with E-state index >= 15 is 0 Å². The van der Waals surface area contributed by atoms with Crippen molar-refractivity contribution in [3.05, 3.63) is 52.5 Å². The van der Waals surface area contributed by atoms with Crippen LogP contribution in [0.3, 0.4) is 0 Å². The molecule has 0 bridgehead atoms. The average molecular weight is 425 g/mol. The summed E-state index contributed by atoms with van der Waals surface area (Å²) in [5.74, 6) is -0.931. The Bertz CT molecular complexity index is 804. The molecule has 1 aromatic carbocycles. The number of ketones is 1. The first kappa shape index (κ1) is 21.4. The highest BCUT2D eigenvalue weighted by Crippen LogP contribution is 2.22. The smallest absolute Gasteiger partial charge is 0.340 e. The maximum Gasteiger partial charge on any atom is 0.401 e. The molecule has 0 radical (unpaired) electrons. The van der Waals surface area contributed by atoms with Gasteiger partial charge in [-0.15, -0.1) is 11.3 Å². The highest BCUT2D eigenvalue weighted by Gasteiger charge is 2.34. The molecule has 0 unspecified atom stereocenters. The monoisotopic (exact) mass is 425 g/mol. The van der Waals surface area contributed by atoms with Crippen LogP contribution < -0.4 is 0 Å². The molecule has 1 aliphatic rings. The summed E-state index contributed by atoms with van der Waals surface area (Å²) in [7, 11) is 0. The second kappa shape index (κ2) is 9.49. The maximum atomic E-state index is 12.9. The Hall–Kier alpha value is -2.26. The van der Waals surface area contributed by atoms with Gasteiger partial charge in [0.2, 0.25) is 5.91 Å². The van der Waals surface area contributed by atoms with Gasteiger partial charge in [-0.1, -0.05) is 30.3 Å². The Morgan fingerprint density at radius 3 is 2.38 bits per heavy atom. The summed E-state index contributed by atoms with van der Waals surface area (Å²) in [6.45, 7) is -0.144. The molecule has 0 saturated carbocycles. The standard InChI is InChI=1S/C20H22F3N3O2S/c21-20(22,23)14-25-7-9-26(10-8-25)17(27)13-16(12-15-4-2-1-3-5-15)18(28)19-24-6-11-29-19/h1-6,11,16H,7-10,12-14H2/t16-/m1/s1. The van der Waals surface area contributed by atoms with Gasteiger partial charge < -0.3 is 4.90 Å². The van der Waals surface area contributed by atoms with Gasteiger partial charge in [0, 0.05) is 50.1 Å². The highest BCUT2D eigenvalue weighted by molar-refractivity contribution is 7.11. The minimum atomic E-state index is -4.24. The number of piperazine rings is 1.